The van der Waals surface area contributed by atoms with Crippen molar-refractivity contribution in [1.29, 1.82) is 0 Å². The molecule has 0 spiro atoms. The van der Waals surface area contributed by atoms with Crippen LogP contribution in [0, 0.1) is 35.0 Å². The summed E-state index contributed by atoms with van der Waals surface area (Å²) in [6.45, 7) is 8.50. The standard InChI is InChI=1S/C26H45ClN2O2/c1-26(2)17-29(13-12-23(26)19-8-10-22(27)11-9-19)15-24(20-6-7-20)28-25(31)21-5-3-4-18(14-21)16-30/h18-24,30H,3-17H2,1-2H3,(H,28,31)/t18?,19?,21?,22?,23?,24-/m0/s1. The van der Waals surface area contributed by atoms with Crippen molar-refractivity contribution in [2.45, 2.75) is 95.9 Å². The van der Waals surface area contributed by atoms with Crippen LogP contribution >= 0.6 is 11.6 Å². The Morgan fingerprint density at radius 3 is 2.48 bits per heavy atom. The van der Waals surface area contributed by atoms with E-state index in [1.807, 2.05) is 0 Å². The Labute approximate surface area is 194 Å². The van der Waals surface area contributed by atoms with Crippen molar-refractivity contribution in [1.82, 2.24) is 10.2 Å². The van der Waals surface area contributed by atoms with Gasteiger partial charge in [-0.3, -0.25) is 4.79 Å². The van der Waals surface area contributed by atoms with Gasteiger partial charge in [0.15, 0.2) is 0 Å². The number of alkyl halides is 1. The van der Waals surface area contributed by atoms with Crippen LogP contribution in [-0.2, 0) is 4.79 Å². The summed E-state index contributed by atoms with van der Waals surface area (Å²) in [5.41, 5.74) is 0.331. The van der Waals surface area contributed by atoms with Crippen LogP contribution in [0.15, 0.2) is 0 Å². The molecule has 1 heterocycles. The van der Waals surface area contributed by atoms with Gasteiger partial charge in [0.1, 0.15) is 0 Å². The van der Waals surface area contributed by atoms with E-state index in [1.54, 1.807) is 0 Å². The molecule has 4 rings (SSSR count). The molecule has 1 saturated heterocycles. The van der Waals surface area contributed by atoms with Crippen LogP contribution in [0.5, 0.6) is 0 Å². The molecule has 1 amide bonds. The molecule has 3 unspecified atom stereocenters. The maximum Gasteiger partial charge on any atom is 0.223 e. The highest BCUT2D eigenvalue weighted by atomic mass is 35.5. The average molecular weight is 453 g/mol. The van der Waals surface area contributed by atoms with Crippen LogP contribution < -0.4 is 5.32 Å². The Morgan fingerprint density at radius 1 is 1.10 bits per heavy atom. The third-order valence-corrected chi connectivity index (χ3v) is 9.48. The van der Waals surface area contributed by atoms with Crippen molar-refractivity contribution in [2.75, 3.05) is 26.2 Å². The first kappa shape index (κ1) is 23.8. The number of nitrogens with one attached hydrogen (secondary N) is 1. The number of piperidine rings is 1. The minimum atomic E-state index is 0.103. The van der Waals surface area contributed by atoms with Crippen LogP contribution in [0.25, 0.3) is 0 Å². The molecule has 5 heteroatoms. The number of rotatable bonds is 7. The van der Waals surface area contributed by atoms with Crippen LogP contribution in [0.4, 0.5) is 0 Å². The highest BCUT2D eigenvalue weighted by Crippen LogP contribution is 2.46. The number of halogens is 1. The topological polar surface area (TPSA) is 52.6 Å². The summed E-state index contributed by atoms with van der Waals surface area (Å²) >= 11 is 6.37. The normalized spacial score (nSPS) is 37.9. The van der Waals surface area contributed by atoms with Crippen molar-refractivity contribution in [3.63, 3.8) is 0 Å². The Balaban J connectivity index is 1.30. The van der Waals surface area contributed by atoms with E-state index in [-0.39, 0.29) is 18.4 Å². The molecule has 4 atom stereocenters. The van der Waals surface area contributed by atoms with Gasteiger partial charge in [0.25, 0.3) is 0 Å². The maximum atomic E-state index is 13.0. The van der Waals surface area contributed by atoms with E-state index in [9.17, 15) is 9.90 Å². The molecule has 1 aliphatic heterocycles. The minimum absolute atomic E-state index is 0.103. The SMILES string of the molecule is CC1(C)CN(C[C@H](NC(=O)C2CCCC(CO)C2)C2CC2)CCC1C1CCC(Cl)CC1. The number of hydrogen-bond acceptors (Lipinski definition) is 3. The minimum Gasteiger partial charge on any atom is -0.396 e. The molecule has 0 radical (unpaired) electrons. The van der Waals surface area contributed by atoms with Crippen LogP contribution in [0.3, 0.4) is 0 Å². The molecule has 2 N–H and O–H groups in total. The first-order valence-electron chi connectivity index (χ1n) is 13.1. The largest absolute Gasteiger partial charge is 0.396 e. The van der Waals surface area contributed by atoms with E-state index in [2.05, 4.69) is 24.1 Å². The molecule has 3 saturated carbocycles. The fourth-order valence-corrected chi connectivity index (χ4v) is 7.33. The highest BCUT2D eigenvalue weighted by molar-refractivity contribution is 6.20. The first-order chi connectivity index (χ1) is 14.9. The van der Waals surface area contributed by atoms with E-state index >= 15 is 0 Å². The molecule has 4 fully saturated rings. The fourth-order valence-electron chi connectivity index (χ4n) is 7.08. The van der Waals surface area contributed by atoms with Gasteiger partial charge in [-0.05, 0) is 99.8 Å². The van der Waals surface area contributed by atoms with Crippen molar-refractivity contribution in [2.24, 2.45) is 35.0 Å². The number of carbonyl (C=O) groups excluding carboxylic acids is 1. The van der Waals surface area contributed by atoms with Gasteiger partial charge in [0.05, 0.1) is 0 Å². The number of nitrogens with zero attached hydrogens (tertiary/aromatic N) is 1. The second kappa shape index (κ2) is 10.3. The lowest BCUT2D eigenvalue weighted by atomic mass is 9.64. The van der Waals surface area contributed by atoms with E-state index in [0.717, 1.165) is 50.6 Å². The van der Waals surface area contributed by atoms with Crippen LogP contribution in [-0.4, -0.2) is 53.6 Å². The zero-order valence-electron chi connectivity index (χ0n) is 19.8. The fraction of sp³-hybridized carbons (Fsp3) is 0.962. The second-order valence-electron chi connectivity index (χ2n) is 12.0. The lowest BCUT2D eigenvalue weighted by Crippen LogP contribution is -2.54. The maximum absolute atomic E-state index is 13.0. The van der Waals surface area contributed by atoms with Crippen LogP contribution in [0.1, 0.15) is 84.5 Å². The third-order valence-electron chi connectivity index (χ3n) is 9.05. The molecule has 178 valence electrons. The van der Waals surface area contributed by atoms with Gasteiger partial charge in [-0.15, -0.1) is 11.6 Å². The predicted octanol–water partition coefficient (Wildman–Crippen LogP) is 4.83. The third kappa shape index (κ3) is 6.18. The van der Waals surface area contributed by atoms with Crippen LogP contribution in [0.2, 0.25) is 0 Å². The van der Waals surface area contributed by atoms with E-state index < -0.39 is 0 Å². The number of aliphatic hydroxyl groups excluding tert-OH is 1. The number of aliphatic hydroxyl groups is 1. The summed E-state index contributed by atoms with van der Waals surface area (Å²) in [5, 5.41) is 13.4. The zero-order chi connectivity index (χ0) is 22.0. The van der Waals surface area contributed by atoms with E-state index in [1.165, 1.54) is 51.5 Å². The Hall–Kier alpha value is -0.320. The summed E-state index contributed by atoms with van der Waals surface area (Å²) in [6, 6.07) is 0.307. The van der Waals surface area contributed by atoms with Gasteiger partial charge in [-0.25, -0.2) is 0 Å². The quantitative estimate of drug-likeness (QED) is 0.544. The molecule has 3 aliphatic carbocycles. The van der Waals surface area contributed by atoms with E-state index in [4.69, 9.17) is 11.6 Å². The molecule has 31 heavy (non-hydrogen) atoms. The molecule has 0 bridgehead atoms. The van der Waals surface area contributed by atoms with Gasteiger partial charge in [-0.2, -0.15) is 0 Å². The van der Waals surface area contributed by atoms with Crippen molar-refractivity contribution in [3.05, 3.63) is 0 Å². The molecule has 0 aromatic heterocycles. The van der Waals surface area contributed by atoms with Gasteiger partial charge in [0.2, 0.25) is 5.91 Å². The molecule has 4 nitrogen and oxygen atoms in total. The summed E-state index contributed by atoms with van der Waals surface area (Å²) in [5.74, 6) is 2.99. The zero-order valence-corrected chi connectivity index (χ0v) is 20.6. The summed E-state index contributed by atoms with van der Waals surface area (Å²) in [7, 11) is 0. The van der Waals surface area contributed by atoms with Crippen molar-refractivity contribution < 1.29 is 9.90 Å². The van der Waals surface area contributed by atoms with Gasteiger partial charge in [0, 0.05) is 37.0 Å². The highest BCUT2D eigenvalue weighted by Gasteiger charge is 2.43. The molecule has 0 aromatic carbocycles. The Morgan fingerprint density at radius 2 is 1.84 bits per heavy atom. The average Bonchev–Trinajstić information content (AvgIpc) is 3.59. The van der Waals surface area contributed by atoms with E-state index in [0.29, 0.717) is 28.7 Å². The Bertz CT molecular complexity index is 600. The number of likely N-dealkylation sites (tertiary alicyclic amines) is 1. The van der Waals surface area contributed by atoms with Gasteiger partial charge in [-0.1, -0.05) is 20.3 Å². The molecular formula is C26H45ClN2O2. The Kier molecular flexibility index (Phi) is 7.92. The second-order valence-corrected chi connectivity index (χ2v) is 12.6. The van der Waals surface area contributed by atoms with Crippen molar-refractivity contribution in [3.8, 4) is 0 Å². The lowest BCUT2D eigenvalue weighted by molar-refractivity contribution is -0.127. The van der Waals surface area contributed by atoms with Gasteiger partial charge < -0.3 is 15.3 Å². The smallest absolute Gasteiger partial charge is 0.223 e. The molecular weight excluding hydrogens is 408 g/mol. The first-order valence-corrected chi connectivity index (χ1v) is 13.6. The predicted molar refractivity (Wildman–Crippen MR) is 127 cm³/mol. The number of carbonyl (C=O) groups is 1. The molecule has 4 aliphatic rings. The van der Waals surface area contributed by atoms with Gasteiger partial charge >= 0.3 is 0 Å². The molecule has 0 aromatic rings. The number of amides is 1. The summed E-state index contributed by atoms with van der Waals surface area (Å²) in [6.07, 6.45) is 12.8. The summed E-state index contributed by atoms with van der Waals surface area (Å²) < 4.78 is 0. The summed E-state index contributed by atoms with van der Waals surface area (Å²) in [4.78, 5) is 15.7. The lowest BCUT2D eigenvalue weighted by Gasteiger charge is -2.49. The number of hydrogen-bond donors (Lipinski definition) is 2. The monoisotopic (exact) mass is 452 g/mol. The van der Waals surface area contributed by atoms with Crippen molar-refractivity contribution >= 4 is 17.5 Å².